The van der Waals surface area contributed by atoms with Crippen molar-refractivity contribution in [2.24, 2.45) is 0 Å². The molecule has 0 aliphatic carbocycles. The largest absolute Gasteiger partial charge is 0.463 e. The Balaban J connectivity index is 1.87. The molecule has 1 aliphatic heterocycles. The van der Waals surface area contributed by atoms with Gasteiger partial charge in [0.25, 0.3) is 0 Å². The van der Waals surface area contributed by atoms with E-state index in [1.807, 2.05) is 0 Å². The molecule has 0 aromatic heterocycles. The molecule has 6 heteroatoms. The first kappa shape index (κ1) is 15.9. The molecule has 0 spiro atoms. The average molecular weight is 293 g/mol. The third-order valence-corrected chi connectivity index (χ3v) is 5.88. The third kappa shape index (κ3) is 8.00. The van der Waals surface area contributed by atoms with Crippen LogP contribution >= 0.6 is 11.8 Å². The molecule has 0 amide bonds. The van der Waals surface area contributed by atoms with E-state index in [0.29, 0.717) is 35.0 Å². The second kappa shape index (κ2) is 9.69. The van der Waals surface area contributed by atoms with Crippen molar-refractivity contribution in [3.63, 3.8) is 0 Å². The molecule has 1 rings (SSSR count). The SMILES string of the molecule is CC(=O)OCCOCCSC(=O)C[S+]1CCCC1. The summed E-state index contributed by atoms with van der Waals surface area (Å²) in [5.41, 5.74) is 0. The van der Waals surface area contributed by atoms with Crippen molar-refractivity contribution in [2.45, 2.75) is 19.8 Å². The topological polar surface area (TPSA) is 52.6 Å². The van der Waals surface area contributed by atoms with Crippen LogP contribution in [-0.2, 0) is 30.0 Å². The first-order valence-corrected chi connectivity index (χ1v) is 8.91. The van der Waals surface area contributed by atoms with Crippen LogP contribution in [0.1, 0.15) is 19.8 Å². The van der Waals surface area contributed by atoms with Gasteiger partial charge >= 0.3 is 5.97 Å². The van der Waals surface area contributed by atoms with E-state index in [2.05, 4.69) is 0 Å². The van der Waals surface area contributed by atoms with Crippen molar-refractivity contribution in [1.29, 1.82) is 0 Å². The normalized spacial score (nSPS) is 15.8. The fourth-order valence-corrected chi connectivity index (χ4v) is 4.94. The number of esters is 1. The summed E-state index contributed by atoms with van der Waals surface area (Å²) < 4.78 is 9.98. The predicted molar refractivity (Wildman–Crippen MR) is 76.1 cm³/mol. The lowest BCUT2D eigenvalue weighted by Gasteiger charge is -2.04. The summed E-state index contributed by atoms with van der Waals surface area (Å²) in [5, 5.41) is 0.295. The molecule has 1 aliphatic rings. The van der Waals surface area contributed by atoms with E-state index in [9.17, 15) is 9.59 Å². The van der Waals surface area contributed by atoms with E-state index in [0.717, 1.165) is 5.75 Å². The van der Waals surface area contributed by atoms with Crippen LogP contribution in [0.25, 0.3) is 0 Å². The van der Waals surface area contributed by atoms with Gasteiger partial charge in [-0.2, -0.15) is 0 Å². The molecule has 104 valence electrons. The molecule has 1 heterocycles. The van der Waals surface area contributed by atoms with Gasteiger partial charge in [-0.15, -0.1) is 0 Å². The molecule has 1 fully saturated rings. The molecule has 0 saturated carbocycles. The summed E-state index contributed by atoms with van der Waals surface area (Å²) in [4.78, 5) is 22.1. The number of ether oxygens (including phenoxy) is 2. The molecule has 0 atom stereocenters. The summed E-state index contributed by atoms with van der Waals surface area (Å²) in [7, 11) is 0.358. The fourth-order valence-electron chi connectivity index (χ4n) is 1.63. The molecule has 0 aromatic rings. The van der Waals surface area contributed by atoms with Gasteiger partial charge in [-0.25, -0.2) is 0 Å². The van der Waals surface area contributed by atoms with E-state index < -0.39 is 0 Å². The fraction of sp³-hybridized carbons (Fsp3) is 0.833. The summed E-state index contributed by atoms with van der Waals surface area (Å²) in [6.07, 6.45) is 2.58. The first-order chi connectivity index (χ1) is 8.68. The molecular weight excluding hydrogens is 272 g/mol. The van der Waals surface area contributed by atoms with Crippen LogP contribution in [0.15, 0.2) is 0 Å². The van der Waals surface area contributed by atoms with Gasteiger partial charge in [0.2, 0.25) is 5.12 Å². The second-order valence-electron chi connectivity index (χ2n) is 4.04. The maximum Gasteiger partial charge on any atom is 0.302 e. The number of hydrogen-bond acceptors (Lipinski definition) is 5. The van der Waals surface area contributed by atoms with Crippen molar-refractivity contribution in [3.8, 4) is 0 Å². The van der Waals surface area contributed by atoms with Crippen LogP contribution in [0.3, 0.4) is 0 Å². The van der Waals surface area contributed by atoms with Gasteiger partial charge in [0.05, 0.1) is 13.2 Å². The zero-order chi connectivity index (χ0) is 13.2. The third-order valence-electron chi connectivity index (χ3n) is 2.46. The van der Waals surface area contributed by atoms with Crippen molar-refractivity contribution >= 4 is 33.7 Å². The standard InChI is InChI=1S/C12H21O4S2/c1-11(13)16-5-4-15-6-7-17-12(14)10-18-8-2-3-9-18/h2-10H2,1H3/q+1. The highest BCUT2D eigenvalue weighted by Crippen LogP contribution is 2.16. The molecule has 0 bridgehead atoms. The Bertz CT molecular complexity index is 265. The Labute approximate surface area is 116 Å². The number of thioether (sulfide) groups is 1. The minimum atomic E-state index is -0.291. The zero-order valence-corrected chi connectivity index (χ0v) is 12.4. The first-order valence-electron chi connectivity index (χ1n) is 6.19. The van der Waals surface area contributed by atoms with Gasteiger partial charge in [0.1, 0.15) is 18.1 Å². The Morgan fingerprint density at radius 2 is 1.89 bits per heavy atom. The van der Waals surface area contributed by atoms with E-state index in [1.165, 1.54) is 43.0 Å². The number of carbonyl (C=O) groups excluding carboxylic acids is 2. The molecular formula is C12H21O4S2+. The summed E-state index contributed by atoms with van der Waals surface area (Å²) in [6.45, 7) is 2.60. The molecule has 0 unspecified atom stereocenters. The highest BCUT2D eigenvalue weighted by atomic mass is 32.2. The summed E-state index contributed by atoms with van der Waals surface area (Å²) >= 11 is 1.36. The quantitative estimate of drug-likeness (QED) is 0.383. The van der Waals surface area contributed by atoms with Crippen molar-refractivity contribution < 1.29 is 19.1 Å². The number of hydrogen-bond donors (Lipinski definition) is 0. The highest BCUT2D eigenvalue weighted by Gasteiger charge is 2.26. The number of carbonyl (C=O) groups is 2. The molecule has 0 radical (unpaired) electrons. The molecule has 4 nitrogen and oxygen atoms in total. The van der Waals surface area contributed by atoms with Crippen molar-refractivity contribution in [1.82, 2.24) is 0 Å². The van der Waals surface area contributed by atoms with Crippen LogP contribution in [0.5, 0.6) is 0 Å². The minimum absolute atomic E-state index is 0.289. The lowest BCUT2D eigenvalue weighted by molar-refractivity contribution is -0.142. The highest BCUT2D eigenvalue weighted by molar-refractivity contribution is 8.15. The lowest BCUT2D eigenvalue weighted by Crippen LogP contribution is -2.16. The van der Waals surface area contributed by atoms with E-state index >= 15 is 0 Å². The van der Waals surface area contributed by atoms with Crippen LogP contribution in [0.4, 0.5) is 0 Å². The number of rotatable bonds is 8. The summed E-state index contributed by atoms with van der Waals surface area (Å²) in [5.74, 6) is 3.63. The monoisotopic (exact) mass is 293 g/mol. The van der Waals surface area contributed by atoms with Gasteiger partial charge in [0, 0.05) is 12.7 Å². The van der Waals surface area contributed by atoms with Crippen LogP contribution in [0, 0.1) is 0 Å². The van der Waals surface area contributed by atoms with E-state index in [1.54, 1.807) is 0 Å². The Hall–Kier alpha value is -0.200. The molecule has 0 aromatic carbocycles. The minimum Gasteiger partial charge on any atom is -0.463 e. The summed E-state index contributed by atoms with van der Waals surface area (Å²) in [6, 6.07) is 0. The van der Waals surface area contributed by atoms with Gasteiger partial charge in [-0.1, -0.05) is 11.8 Å². The molecule has 1 saturated heterocycles. The van der Waals surface area contributed by atoms with Crippen molar-refractivity contribution in [3.05, 3.63) is 0 Å². The average Bonchev–Trinajstić information content (AvgIpc) is 2.80. The van der Waals surface area contributed by atoms with Gasteiger partial charge in [-0.3, -0.25) is 9.59 Å². The van der Waals surface area contributed by atoms with Gasteiger partial charge in [-0.05, 0) is 23.7 Å². The van der Waals surface area contributed by atoms with E-state index in [4.69, 9.17) is 9.47 Å². The molecule has 0 N–H and O–H groups in total. The Morgan fingerprint density at radius 3 is 2.56 bits per heavy atom. The second-order valence-corrected chi connectivity index (χ2v) is 7.53. The van der Waals surface area contributed by atoms with Crippen LogP contribution < -0.4 is 0 Å². The van der Waals surface area contributed by atoms with Gasteiger partial charge < -0.3 is 9.47 Å². The predicted octanol–water partition coefficient (Wildman–Crippen LogP) is 1.24. The Kier molecular flexibility index (Phi) is 8.54. The zero-order valence-electron chi connectivity index (χ0n) is 10.8. The van der Waals surface area contributed by atoms with Crippen LogP contribution in [0.2, 0.25) is 0 Å². The van der Waals surface area contributed by atoms with Gasteiger partial charge in [0.15, 0.2) is 5.75 Å². The molecule has 18 heavy (non-hydrogen) atoms. The lowest BCUT2D eigenvalue weighted by atomic mass is 10.4. The van der Waals surface area contributed by atoms with Crippen LogP contribution in [-0.4, -0.2) is 53.9 Å². The van der Waals surface area contributed by atoms with Crippen molar-refractivity contribution in [2.75, 3.05) is 42.8 Å². The maximum absolute atomic E-state index is 11.6. The smallest absolute Gasteiger partial charge is 0.302 e. The van der Waals surface area contributed by atoms with E-state index in [-0.39, 0.29) is 12.6 Å². The Morgan fingerprint density at radius 1 is 1.17 bits per heavy atom. The maximum atomic E-state index is 11.6.